The van der Waals surface area contributed by atoms with Gasteiger partial charge in [0.05, 0.1) is 6.33 Å². The van der Waals surface area contributed by atoms with Gasteiger partial charge in [-0.25, -0.2) is 9.78 Å². The van der Waals surface area contributed by atoms with Crippen LogP contribution in [0.3, 0.4) is 0 Å². The summed E-state index contributed by atoms with van der Waals surface area (Å²) >= 11 is 0. The lowest BCUT2D eigenvalue weighted by Gasteiger charge is -2.38. The highest BCUT2D eigenvalue weighted by Crippen LogP contribution is 2.32. The second-order valence-electron chi connectivity index (χ2n) is 5.59. The van der Waals surface area contributed by atoms with Crippen molar-refractivity contribution >= 4 is 17.8 Å². The first-order valence-electron chi connectivity index (χ1n) is 6.39. The van der Waals surface area contributed by atoms with Gasteiger partial charge in [-0.15, -0.1) is 0 Å². The lowest BCUT2D eigenvalue weighted by Crippen LogP contribution is -2.56. The predicted molar refractivity (Wildman–Crippen MR) is 68.6 cm³/mol. The van der Waals surface area contributed by atoms with Gasteiger partial charge in [-0.05, 0) is 6.42 Å². The van der Waals surface area contributed by atoms with Gasteiger partial charge in [0.25, 0.3) is 0 Å². The molecule has 2 amide bonds. The lowest BCUT2D eigenvalue weighted by atomic mass is 9.82. The summed E-state index contributed by atoms with van der Waals surface area (Å²) in [6.45, 7) is 3.45. The molecule has 1 atom stereocenters. The third-order valence-corrected chi connectivity index (χ3v) is 3.60. The molecule has 1 unspecified atom stereocenters. The average Bonchev–Trinajstić information content (AvgIpc) is 2.86. The van der Waals surface area contributed by atoms with Gasteiger partial charge in [-0.3, -0.25) is 14.5 Å². The molecule has 7 nitrogen and oxygen atoms in total. The number of likely N-dealkylation sites (tertiary alicyclic amines) is 1. The quantitative estimate of drug-likeness (QED) is 0.785. The molecule has 1 aliphatic heterocycles. The Kier molecular flexibility index (Phi) is 3.61. The average molecular weight is 279 g/mol. The summed E-state index contributed by atoms with van der Waals surface area (Å²) in [5, 5.41) is 9.35. The third-order valence-electron chi connectivity index (χ3n) is 3.60. The monoisotopic (exact) mass is 279 g/mol. The zero-order valence-corrected chi connectivity index (χ0v) is 11.4. The Bertz CT molecular complexity index is 536. The summed E-state index contributed by atoms with van der Waals surface area (Å²) in [7, 11) is 0. The minimum atomic E-state index is -1.20. The fourth-order valence-corrected chi connectivity index (χ4v) is 2.30. The molecular weight excluding hydrogens is 262 g/mol. The van der Waals surface area contributed by atoms with Crippen molar-refractivity contribution in [2.75, 3.05) is 0 Å². The molecule has 0 aromatic carbocycles. The first-order chi connectivity index (χ1) is 9.33. The first kappa shape index (κ1) is 14.2. The topological polar surface area (TPSA) is 103 Å². The minimum Gasteiger partial charge on any atom is -0.480 e. The normalized spacial score (nSPS) is 20.0. The number of rotatable bonds is 4. The lowest BCUT2D eigenvalue weighted by molar-refractivity contribution is -0.166. The number of hydrogen-bond donors (Lipinski definition) is 2. The van der Waals surface area contributed by atoms with Crippen LogP contribution < -0.4 is 0 Å². The number of amides is 2. The van der Waals surface area contributed by atoms with E-state index in [1.807, 2.05) is 0 Å². The van der Waals surface area contributed by atoms with Crippen LogP contribution in [0.1, 0.15) is 32.4 Å². The third kappa shape index (κ3) is 2.56. The highest BCUT2D eigenvalue weighted by Gasteiger charge is 2.45. The molecular formula is C13H17N3O4. The zero-order valence-electron chi connectivity index (χ0n) is 11.4. The molecule has 20 heavy (non-hydrogen) atoms. The number of hydrogen-bond acceptors (Lipinski definition) is 4. The van der Waals surface area contributed by atoms with Gasteiger partial charge in [-0.1, -0.05) is 13.8 Å². The van der Waals surface area contributed by atoms with Gasteiger partial charge >= 0.3 is 5.97 Å². The largest absolute Gasteiger partial charge is 0.480 e. The molecule has 2 heterocycles. The van der Waals surface area contributed by atoms with Gasteiger partial charge < -0.3 is 10.1 Å². The molecule has 7 heteroatoms. The maximum absolute atomic E-state index is 12.3. The van der Waals surface area contributed by atoms with Crippen molar-refractivity contribution in [2.45, 2.75) is 39.2 Å². The molecule has 0 bridgehead atoms. The van der Waals surface area contributed by atoms with Gasteiger partial charge in [0.1, 0.15) is 6.04 Å². The Morgan fingerprint density at radius 1 is 1.55 bits per heavy atom. The molecule has 0 aliphatic carbocycles. The fraction of sp³-hybridized carbons (Fsp3) is 0.538. The molecule has 2 N–H and O–H groups in total. The molecule has 0 saturated carbocycles. The van der Waals surface area contributed by atoms with Crippen LogP contribution in [0.2, 0.25) is 0 Å². The summed E-state index contributed by atoms with van der Waals surface area (Å²) in [6.07, 6.45) is 3.57. The van der Waals surface area contributed by atoms with Crippen LogP contribution in [-0.2, 0) is 20.8 Å². The smallest absolute Gasteiger partial charge is 0.327 e. The van der Waals surface area contributed by atoms with Crippen LogP contribution in [0.5, 0.6) is 0 Å². The van der Waals surface area contributed by atoms with Crippen LogP contribution in [0.25, 0.3) is 0 Å². The molecule has 2 rings (SSSR count). The maximum Gasteiger partial charge on any atom is 0.327 e. The van der Waals surface area contributed by atoms with E-state index in [1.165, 1.54) is 12.5 Å². The summed E-state index contributed by atoms with van der Waals surface area (Å²) in [4.78, 5) is 43.3. The van der Waals surface area contributed by atoms with Crippen molar-refractivity contribution < 1.29 is 19.5 Å². The summed E-state index contributed by atoms with van der Waals surface area (Å²) < 4.78 is 0. The van der Waals surface area contributed by atoms with E-state index in [2.05, 4.69) is 9.97 Å². The van der Waals surface area contributed by atoms with Gasteiger partial charge in [-0.2, -0.15) is 0 Å². The molecule has 0 spiro atoms. The summed E-state index contributed by atoms with van der Waals surface area (Å²) in [5.41, 5.74) is -0.142. The summed E-state index contributed by atoms with van der Waals surface area (Å²) in [5.74, 6) is -2.05. The van der Waals surface area contributed by atoms with Crippen LogP contribution in [0.4, 0.5) is 0 Å². The molecule has 1 aliphatic rings. The second-order valence-corrected chi connectivity index (χ2v) is 5.59. The second kappa shape index (κ2) is 5.07. The van der Waals surface area contributed by atoms with E-state index in [4.69, 9.17) is 0 Å². The Morgan fingerprint density at radius 3 is 2.80 bits per heavy atom. The van der Waals surface area contributed by atoms with Crippen molar-refractivity contribution in [2.24, 2.45) is 5.41 Å². The van der Waals surface area contributed by atoms with E-state index in [1.54, 1.807) is 13.8 Å². The number of imide groups is 1. The molecule has 1 aromatic rings. The van der Waals surface area contributed by atoms with Crippen molar-refractivity contribution in [3.8, 4) is 0 Å². The Balaban J connectivity index is 2.29. The highest BCUT2D eigenvalue weighted by molar-refractivity contribution is 6.03. The number of aromatic nitrogens is 2. The molecule has 108 valence electrons. The van der Waals surface area contributed by atoms with E-state index < -0.39 is 29.2 Å². The number of imidazole rings is 1. The zero-order chi connectivity index (χ0) is 14.9. The van der Waals surface area contributed by atoms with Crippen LogP contribution in [0, 0.1) is 5.41 Å². The Labute approximate surface area is 116 Å². The standard InChI is InChI=1S/C13H17N3O4/c1-13(2)4-3-10(17)16(12(13)20)9(11(18)19)5-8-6-14-7-15-8/h6-7,9H,3-5H2,1-2H3,(H,14,15)(H,18,19). The number of carboxylic acids is 1. The molecule has 1 saturated heterocycles. The molecule has 1 fully saturated rings. The fourth-order valence-electron chi connectivity index (χ4n) is 2.30. The number of carbonyl (C=O) groups excluding carboxylic acids is 2. The van der Waals surface area contributed by atoms with Crippen molar-refractivity contribution in [1.29, 1.82) is 0 Å². The van der Waals surface area contributed by atoms with Gasteiger partial charge in [0.15, 0.2) is 0 Å². The van der Waals surface area contributed by atoms with Crippen molar-refractivity contribution in [3.63, 3.8) is 0 Å². The van der Waals surface area contributed by atoms with Crippen LogP contribution in [0.15, 0.2) is 12.5 Å². The Hall–Kier alpha value is -2.18. The van der Waals surface area contributed by atoms with Gasteiger partial charge in [0, 0.05) is 30.1 Å². The first-order valence-corrected chi connectivity index (χ1v) is 6.39. The number of H-pyrrole nitrogens is 1. The Morgan fingerprint density at radius 2 is 2.25 bits per heavy atom. The van der Waals surface area contributed by atoms with E-state index >= 15 is 0 Å². The predicted octanol–water partition coefficient (Wildman–Crippen LogP) is 0.581. The number of nitrogens with zero attached hydrogens (tertiary/aromatic N) is 2. The number of aromatic amines is 1. The number of carboxylic acid groups (broad SMARTS) is 1. The van der Waals surface area contributed by atoms with Crippen molar-refractivity contribution in [3.05, 3.63) is 18.2 Å². The summed E-state index contributed by atoms with van der Waals surface area (Å²) in [6, 6.07) is -1.20. The van der Waals surface area contributed by atoms with E-state index in [9.17, 15) is 19.5 Å². The van der Waals surface area contributed by atoms with E-state index in [0.29, 0.717) is 12.1 Å². The number of piperidine rings is 1. The highest BCUT2D eigenvalue weighted by atomic mass is 16.4. The number of carbonyl (C=O) groups is 3. The maximum atomic E-state index is 12.3. The van der Waals surface area contributed by atoms with E-state index in [0.717, 1.165) is 4.90 Å². The SMILES string of the molecule is CC1(C)CCC(=O)N(C(Cc2cnc[nH]2)C(=O)O)C1=O. The van der Waals surface area contributed by atoms with Gasteiger partial charge in [0.2, 0.25) is 11.8 Å². The van der Waals surface area contributed by atoms with E-state index in [-0.39, 0.29) is 12.8 Å². The van der Waals surface area contributed by atoms with Crippen molar-refractivity contribution in [1.82, 2.24) is 14.9 Å². The number of nitrogens with one attached hydrogen (secondary N) is 1. The van der Waals surface area contributed by atoms with Crippen LogP contribution >= 0.6 is 0 Å². The molecule has 1 aromatic heterocycles. The number of aliphatic carboxylic acids is 1. The minimum absolute atomic E-state index is 0.0306. The molecule has 0 radical (unpaired) electrons. The van der Waals surface area contributed by atoms with Crippen LogP contribution in [-0.4, -0.2) is 43.8 Å².